The van der Waals surface area contributed by atoms with Crippen LogP contribution in [0.5, 0.6) is 0 Å². The normalized spacial score (nSPS) is 23.0. The molecule has 1 saturated heterocycles. The van der Waals surface area contributed by atoms with E-state index in [9.17, 15) is 9.18 Å². The summed E-state index contributed by atoms with van der Waals surface area (Å²) in [5.74, 6) is -0.288. The maximum absolute atomic E-state index is 13.2. The number of esters is 1. The third kappa shape index (κ3) is 3.82. The minimum absolute atomic E-state index is 0.0968. The molecule has 0 amide bonds. The number of carbonyl (C=O) groups is 1. The molecule has 2 rings (SSSR count). The van der Waals surface area contributed by atoms with E-state index in [1.54, 1.807) is 12.1 Å². The monoisotopic (exact) mass is 293 g/mol. The number of ether oxygens (including phenoxy) is 1. The number of benzene rings is 1. The van der Waals surface area contributed by atoms with Crippen molar-refractivity contribution in [1.29, 1.82) is 0 Å². The van der Waals surface area contributed by atoms with Crippen molar-refractivity contribution in [2.24, 2.45) is 5.41 Å². The molecule has 0 spiro atoms. The molecule has 1 aliphatic heterocycles. The van der Waals surface area contributed by atoms with Gasteiger partial charge in [-0.15, -0.1) is 0 Å². The lowest BCUT2D eigenvalue weighted by Gasteiger charge is -2.40. The standard InChI is InChI=1S/C17H24FNO2/c1-3-17(16(20)21-2)9-5-10-19(13-17)11-8-14-6-4-7-15(18)12-14/h4,6-7,12H,3,5,8-11,13H2,1-2H3. The molecular weight excluding hydrogens is 269 g/mol. The van der Waals surface area contributed by atoms with Crippen molar-refractivity contribution in [2.75, 3.05) is 26.7 Å². The summed E-state index contributed by atoms with van der Waals surface area (Å²) in [6.45, 7) is 4.63. The SMILES string of the molecule is CCC1(C(=O)OC)CCCN(CCc2cccc(F)c2)C1. The van der Waals surface area contributed by atoms with Crippen molar-refractivity contribution in [3.63, 3.8) is 0 Å². The van der Waals surface area contributed by atoms with Crippen LogP contribution in [0.4, 0.5) is 4.39 Å². The molecule has 1 aromatic carbocycles. The van der Waals surface area contributed by atoms with Crippen molar-refractivity contribution < 1.29 is 13.9 Å². The lowest BCUT2D eigenvalue weighted by Crippen LogP contribution is -2.48. The Bertz CT molecular complexity index is 491. The molecule has 0 aliphatic carbocycles. The first-order valence-electron chi connectivity index (χ1n) is 7.65. The van der Waals surface area contributed by atoms with Crippen LogP contribution in [-0.4, -0.2) is 37.6 Å². The second-order valence-electron chi connectivity index (χ2n) is 5.89. The van der Waals surface area contributed by atoms with E-state index < -0.39 is 0 Å². The molecule has 3 nitrogen and oxygen atoms in total. The number of piperidine rings is 1. The summed E-state index contributed by atoms with van der Waals surface area (Å²) in [6.07, 6.45) is 3.51. The molecule has 1 unspecified atom stereocenters. The first kappa shape index (κ1) is 16.0. The van der Waals surface area contributed by atoms with Crippen molar-refractivity contribution in [1.82, 2.24) is 4.90 Å². The predicted octanol–water partition coefficient (Wildman–Crippen LogP) is 3.03. The Balaban J connectivity index is 1.96. The van der Waals surface area contributed by atoms with Crippen molar-refractivity contribution in [2.45, 2.75) is 32.6 Å². The van der Waals surface area contributed by atoms with Gasteiger partial charge in [-0.25, -0.2) is 4.39 Å². The van der Waals surface area contributed by atoms with Crippen molar-refractivity contribution >= 4 is 5.97 Å². The van der Waals surface area contributed by atoms with E-state index >= 15 is 0 Å². The average molecular weight is 293 g/mol. The van der Waals surface area contributed by atoms with Gasteiger partial charge in [0.2, 0.25) is 0 Å². The van der Waals surface area contributed by atoms with E-state index in [-0.39, 0.29) is 17.2 Å². The summed E-state index contributed by atoms with van der Waals surface area (Å²) < 4.78 is 18.2. The van der Waals surface area contributed by atoms with Crippen LogP contribution >= 0.6 is 0 Å². The molecule has 21 heavy (non-hydrogen) atoms. The maximum atomic E-state index is 13.2. The molecule has 1 heterocycles. The van der Waals surface area contributed by atoms with Gasteiger partial charge >= 0.3 is 5.97 Å². The molecule has 116 valence electrons. The molecule has 0 saturated carbocycles. The van der Waals surface area contributed by atoms with Gasteiger partial charge in [0, 0.05) is 13.1 Å². The van der Waals surface area contributed by atoms with Gasteiger partial charge in [-0.05, 0) is 49.9 Å². The van der Waals surface area contributed by atoms with Crippen molar-refractivity contribution in [3.8, 4) is 0 Å². The maximum Gasteiger partial charge on any atom is 0.313 e. The van der Waals surface area contributed by atoms with Gasteiger partial charge in [-0.1, -0.05) is 19.1 Å². The first-order chi connectivity index (χ1) is 10.1. The topological polar surface area (TPSA) is 29.5 Å². The highest BCUT2D eigenvalue weighted by Crippen LogP contribution is 2.34. The number of likely N-dealkylation sites (tertiary alicyclic amines) is 1. The Morgan fingerprint density at radius 2 is 2.29 bits per heavy atom. The molecular formula is C17H24FNO2. The van der Waals surface area contributed by atoms with Gasteiger partial charge in [0.05, 0.1) is 12.5 Å². The number of hydrogen-bond acceptors (Lipinski definition) is 3. The fraction of sp³-hybridized carbons (Fsp3) is 0.588. The number of halogens is 1. The van der Waals surface area contributed by atoms with Crippen LogP contribution in [0.15, 0.2) is 24.3 Å². The highest BCUT2D eigenvalue weighted by Gasteiger charge is 2.41. The second kappa shape index (κ2) is 7.03. The zero-order chi connectivity index (χ0) is 15.3. The van der Waals surface area contributed by atoms with E-state index in [1.807, 2.05) is 13.0 Å². The Labute approximate surface area is 126 Å². The predicted molar refractivity (Wildman–Crippen MR) is 80.5 cm³/mol. The Kier molecular flexibility index (Phi) is 5.34. The third-order valence-electron chi connectivity index (χ3n) is 4.56. The minimum Gasteiger partial charge on any atom is -0.469 e. The smallest absolute Gasteiger partial charge is 0.313 e. The fourth-order valence-electron chi connectivity index (χ4n) is 3.21. The number of hydrogen-bond donors (Lipinski definition) is 0. The van der Waals surface area contributed by atoms with Crippen LogP contribution in [-0.2, 0) is 16.0 Å². The third-order valence-corrected chi connectivity index (χ3v) is 4.56. The van der Waals surface area contributed by atoms with Crippen LogP contribution in [0.25, 0.3) is 0 Å². The molecule has 0 aromatic heterocycles. The van der Waals surface area contributed by atoms with E-state index in [4.69, 9.17) is 4.74 Å². The number of nitrogens with zero attached hydrogens (tertiary/aromatic N) is 1. The van der Waals surface area contributed by atoms with Crippen LogP contribution in [0.1, 0.15) is 31.7 Å². The van der Waals surface area contributed by atoms with E-state index in [1.165, 1.54) is 13.2 Å². The summed E-state index contributed by atoms with van der Waals surface area (Å²) in [7, 11) is 1.46. The Morgan fingerprint density at radius 3 is 2.95 bits per heavy atom. The molecule has 4 heteroatoms. The fourth-order valence-corrected chi connectivity index (χ4v) is 3.21. The zero-order valence-electron chi connectivity index (χ0n) is 12.9. The van der Waals surface area contributed by atoms with Gasteiger partial charge < -0.3 is 9.64 Å². The molecule has 0 bridgehead atoms. The van der Waals surface area contributed by atoms with Gasteiger partial charge in [0.25, 0.3) is 0 Å². The quantitative estimate of drug-likeness (QED) is 0.782. The van der Waals surface area contributed by atoms with Crippen LogP contribution in [0.3, 0.4) is 0 Å². The van der Waals surface area contributed by atoms with Gasteiger partial charge in [0.1, 0.15) is 5.82 Å². The molecule has 0 N–H and O–H groups in total. The Morgan fingerprint density at radius 1 is 1.48 bits per heavy atom. The minimum atomic E-state index is -0.366. The molecule has 1 atom stereocenters. The zero-order valence-corrected chi connectivity index (χ0v) is 12.9. The summed E-state index contributed by atoms with van der Waals surface area (Å²) in [4.78, 5) is 14.4. The van der Waals surface area contributed by atoms with Gasteiger partial charge in [-0.3, -0.25) is 4.79 Å². The van der Waals surface area contributed by atoms with Crippen LogP contribution < -0.4 is 0 Å². The number of carbonyl (C=O) groups excluding carboxylic acids is 1. The molecule has 1 aromatic rings. The average Bonchev–Trinajstić information content (AvgIpc) is 2.52. The summed E-state index contributed by atoms with van der Waals surface area (Å²) in [5, 5.41) is 0. The summed E-state index contributed by atoms with van der Waals surface area (Å²) >= 11 is 0. The highest BCUT2D eigenvalue weighted by atomic mass is 19.1. The van der Waals surface area contributed by atoms with Crippen molar-refractivity contribution in [3.05, 3.63) is 35.6 Å². The van der Waals surface area contributed by atoms with Crippen LogP contribution in [0.2, 0.25) is 0 Å². The van der Waals surface area contributed by atoms with Gasteiger partial charge in [0.15, 0.2) is 0 Å². The van der Waals surface area contributed by atoms with E-state index in [0.29, 0.717) is 0 Å². The first-order valence-corrected chi connectivity index (χ1v) is 7.65. The number of rotatable bonds is 5. The van der Waals surface area contributed by atoms with Crippen LogP contribution in [0, 0.1) is 11.2 Å². The largest absolute Gasteiger partial charge is 0.469 e. The lowest BCUT2D eigenvalue weighted by atomic mass is 9.77. The summed E-state index contributed by atoms with van der Waals surface area (Å²) in [6, 6.07) is 6.73. The van der Waals surface area contributed by atoms with E-state index in [2.05, 4.69) is 4.90 Å². The van der Waals surface area contributed by atoms with Gasteiger partial charge in [-0.2, -0.15) is 0 Å². The van der Waals surface area contributed by atoms with E-state index in [0.717, 1.165) is 50.9 Å². The second-order valence-corrected chi connectivity index (χ2v) is 5.89. The lowest BCUT2D eigenvalue weighted by molar-refractivity contribution is -0.156. The molecule has 1 fully saturated rings. The Hall–Kier alpha value is -1.42. The molecule has 0 radical (unpaired) electrons. The molecule has 1 aliphatic rings. The number of methoxy groups -OCH3 is 1. The summed E-state index contributed by atoms with van der Waals surface area (Å²) in [5.41, 5.74) is 0.635. The highest BCUT2D eigenvalue weighted by molar-refractivity contribution is 5.77.